The van der Waals surface area contributed by atoms with Gasteiger partial charge in [-0.05, 0) is 31.7 Å². The van der Waals surface area contributed by atoms with Gasteiger partial charge in [0.05, 0.1) is 12.1 Å². The van der Waals surface area contributed by atoms with Gasteiger partial charge in [-0.25, -0.2) is 4.79 Å². The third-order valence-corrected chi connectivity index (χ3v) is 5.58. The fourth-order valence-electron chi connectivity index (χ4n) is 3.45. The lowest BCUT2D eigenvalue weighted by molar-refractivity contribution is -0.145. The minimum Gasteiger partial charge on any atom is -0.480 e. The molecular formula is C24H38N8O7. The fraction of sp³-hybridized carbons (Fsp3) is 0.500. The standard InChI is InChI=1S/C24H38N8O7/c1-13(33)19(23(38)39)32-22(37)17(12-14-6-3-2-4-7-14)31-21(36)16(8-5-11-29-24(27)28)30-20(35)15(25)9-10-18(26)34/h2-4,6-7,13,15-17,19,33H,5,8-12,25H2,1H3,(H2,26,34)(H,30,35)(H,31,36)(H,32,37)(H,38,39)(H4,27,28,29). The first-order chi connectivity index (χ1) is 18.3. The molecule has 0 saturated carbocycles. The van der Waals surface area contributed by atoms with E-state index in [2.05, 4.69) is 20.9 Å². The second kappa shape index (κ2) is 16.6. The summed E-state index contributed by atoms with van der Waals surface area (Å²) in [6.07, 6.45) is -1.28. The number of aliphatic hydroxyl groups excluding tert-OH is 1. The van der Waals surface area contributed by atoms with E-state index in [1.165, 1.54) is 6.92 Å². The van der Waals surface area contributed by atoms with Crippen molar-refractivity contribution in [2.75, 3.05) is 6.54 Å². The highest BCUT2D eigenvalue weighted by atomic mass is 16.4. The van der Waals surface area contributed by atoms with Gasteiger partial charge < -0.3 is 49.1 Å². The smallest absolute Gasteiger partial charge is 0.328 e. The van der Waals surface area contributed by atoms with E-state index in [0.717, 1.165) is 0 Å². The second-order valence-corrected chi connectivity index (χ2v) is 8.94. The number of nitrogens with one attached hydrogen (secondary N) is 3. The van der Waals surface area contributed by atoms with Crippen molar-refractivity contribution in [1.29, 1.82) is 0 Å². The molecule has 39 heavy (non-hydrogen) atoms. The monoisotopic (exact) mass is 550 g/mol. The predicted octanol–water partition coefficient (Wildman–Crippen LogP) is -3.20. The Labute approximate surface area is 225 Å². The number of aliphatic imine (C=N–C) groups is 1. The topological polar surface area (TPSA) is 278 Å². The average molecular weight is 551 g/mol. The van der Waals surface area contributed by atoms with Gasteiger partial charge in [-0.1, -0.05) is 30.3 Å². The van der Waals surface area contributed by atoms with Crippen LogP contribution in [0.25, 0.3) is 0 Å². The first-order valence-electron chi connectivity index (χ1n) is 12.3. The molecule has 0 fully saturated rings. The van der Waals surface area contributed by atoms with Crippen LogP contribution in [0.5, 0.6) is 0 Å². The van der Waals surface area contributed by atoms with Crippen molar-refractivity contribution in [2.24, 2.45) is 27.9 Å². The molecule has 5 unspecified atom stereocenters. The summed E-state index contributed by atoms with van der Waals surface area (Å²) >= 11 is 0. The quantitative estimate of drug-likeness (QED) is 0.0531. The highest BCUT2D eigenvalue weighted by molar-refractivity contribution is 5.94. The minimum absolute atomic E-state index is 0.0165. The maximum Gasteiger partial charge on any atom is 0.328 e. The molecular weight excluding hydrogens is 512 g/mol. The van der Waals surface area contributed by atoms with Crippen molar-refractivity contribution in [1.82, 2.24) is 16.0 Å². The summed E-state index contributed by atoms with van der Waals surface area (Å²) in [6.45, 7) is 1.35. The van der Waals surface area contributed by atoms with Gasteiger partial charge in [-0.15, -0.1) is 0 Å². The Kier molecular flexibility index (Phi) is 13.9. The summed E-state index contributed by atoms with van der Waals surface area (Å²) in [5.74, 6) is -4.59. The molecule has 0 aliphatic heterocycles. The molecule has 1 aromatic rings. The van der Waals surface area contributed by atoms with Crippen LogP contribution in [-0.4, -0.2) is 82.6 Å². The van der Waals surface area contributed by atoms with Crippen LogP contribution < -0.4 is 38.9 Å². The number of benzene rings is 1. The van der Waals surface area contributed by atoms with Gasteiger partial charge in [0.25, 0.3) is 0 Å². The van der Waals surface area contributed by atoms with Crippen molar-refractivity contribution < 1.29 is 34.2 Å². The Bertz CT molecular complexity index is 1010. The Hall–Kier alpha value is -4.24. The van der Waals surface area contributed by atoms with E-state index in [4.69, 9.17) is 22.9 Å². The van der Waals surface area contributed by atoms with Crippen LogP contribution in [0.3, 0.4) is 0 Å². The van der Waals surface area contributed by atoms with Gasteiger partial charge in [0.1, 0.15) is 12.1 Å². The van der Waals surface area contributed by atoms with Crippen LogP contribution >= 0.6 is 0 Å². The molecule has 1 rings (SSSR count). The lowest BCUT2D eigenvalue weighted by Crippen LogP contribution is -2.58. The molecule has 5 atom stereocenters. The SMILES string of the molecule is CC(O)C(NC(=O)C(Cc1ccccc1)NC(=O)C(CCCN=C(N)N)NC(=O)C(N)CCC(N)=O)C(=O)O. The molecule has 0 heterocycles. The Morgan fingerprint density at radius 1 is 0.897 bits per heavy atom. The first kappa shape index (κ1) is 32.8. The molecule has 0 spiro atoms. The van der Waals surface area contributed by atoms with Crippen LogP contribution in [0, 0.1) is 0 Å². The van der Waals surface area contributed by atoms with Gasteiger partial charge >= 0.3 is 5.97 Å². The van der Waals surface area contributed by atoms with Crippen molar-refractivity contribution in [2.45, 2.75) is 69.3 Å². The first-order valence-corrected chi connectivity index (χ1v) is 12.3. The number of guanidine groups is 1. The van der Waals surface area contributed by atoms with Crippen LogP contribution in [0.15, 0.2) is 35.3 Å². The molecule has 0 saturated heterocycles. The van der Waals surface area contributed by atoms with E-state index < -0.39 is 59.9 Å². The van der Waals surface area contributed by atoms with Gasteiger partial charge in [0.2, 0.25) is 23.6 Å². The summed E-state index contributed by atoms with van der Waals surface area (Å²) in [7, 11) is 0. The van der Waals surface area contributed by atoms with E-state index in [0.29, 0.717) is 5.56 Å². The number of primary amides is 1. The van der Waals surface area contributed by atoms with Gasteiger partial charge in [0.15, 0.2) is 12.0 Å². The Balaban J connectivity index is 3.14. The Morgan fingerprint density at radius 2 is 1.49 bits per heavy atom. The number of carbonyl (C=O) groups excluding carboxylic acids is 4. The lowest BCUT2D eigenvalue weighted by atomic mass is 10.0. The summed E-state index contributed by atoms with van der Waals surface area (Å²) in [5.41, 5.74) is 22.2. The fourth-order valence-corrected chi connectivity index (χ4v) is 3.45. The lowest BCUT2D eigenvalue weighted by Gasteiger charge is -2.26. The minimum atomic E-state index is -1.62. The van der Waals surface area contributed by atoms with E-state index in [-0.39, 0.29) is 44.6 Å². The number of carbonyl (C=O) groups is 5. The highest BCUT2D eigenvalue weighted by Gasteiger charge is 2.32. The van der Waals surface area contributed by atoms with Gasteiger partial charge in [0, 0.05) is 19.4 Å². The average Bonchev–Trinajstić information content (AvgIpc) is 2.86. The van der Waals surface area contributed by atoms with Crippen molar-refractivity contribution in [3.05, 3.63) is 35.9 Å². The predicted molar refractivity (Wildman–Crippen MR) is 142 cm³/mol. The van der Waals surface area contributed by atoms with Crippen LogP contribution in [-0.2, 0) is 30.4 Å². The third kappa shape index (κ3) is 12.7. The number of aliphatic carboxylic acids is 1. The highest BCUT2D eigenvalue weighted by Crippen LogP contribution is 2.07. The van der Waals surface area contributed by atoms with Crippen LogP contribution in [0.4, 0.5) is 0 Å². The molecule has 0 aromatic heterocycles. The second-order valence-electron chi connectivity index (χ2n) is 8.94. The molecule has 4 amide bonds. The van der Waals surface area contributed by atoms with Crippen molar-refractivity contribution in [3.63, 3.8) is 0 Å². The zero-order valence-corrected chi connectivity index (χ0v) is 21.7. The number of carboxylic acid groups (broad SMARTS) is 1. The molecule has 0 bridgehead atoms. The number of hydrogen-bond donors (Lipinski definition) is 9. The molecule has 216 valence electrons. The molecule has 0 aliphatic rings. The van der Waals surface area contributed by atoms with E-state index >= 15 is 0 Å². The van der Waals surface area contributed by atoms with E-state index in [9.17, 15) is 34.2 Å². The maximum atomic E-state index is 13.3. The van der Waals surface area contributed by atoms with Gasteiger partial charge in [-0.3, -0.25) is 24.2 Å². The molecule has 15 nitrogen and oxygen atoms in total. The third-order valence-electron chi connectivity index (χ3n) is 5.58. The summed E-state index contributed by atoms with van der Waals surface area (Å²) in [5, 5.41) is 26.4. The Morgan fingerprint density at radius 3 is 2.03 bits per heavy atom. The summed E-state index contributed by atoms with van der Waals surface area (Å²) in [6, 6.07) is 3.44. The maximum absolute atomic E-state index is 13.3. The molecule has 0 radical (unpaired) electrons. The number of nitrogens with zero attached hydrogens (tertiary/aromatic N) is 1. The zero-order chi connectivity index (χ0) is 29.5. The number of carboxylic acids is 1. The number of nitrogens with two attached hydrogens (primary N) is 4. The van der Waals surface area contributed by atoms with Crippen molar-refractivity contribution >= 4 is 35.6 Å². The molecule has 15 heteroatoms. The van der Waals surface area contributed by atoms with Gasteiger partial charge in [-0.2, -0.15) is 0 Å². The molecule has 0 aliphatic carbocycles. The molecule has 1 aromatic carbocycles. The number of aliphatic hydroxyl groups is 1. The number of hydrogen-bond acceptors (Lipinski definition) is 8. The number of amides is 4. The number of rotatable bonds is 17. The summed E-state index contributed by atoms with van der Waals surface area (Å²) in [4.78, 5) is 65.3. The largest absolute Gasteiger partial charge is 0.480 e. The zero-order valence-electron chi connectivity index (χ0n) is 21.7. The van der Waals surface area contributed by atoms with E-state index in [1.807, 2.05) is 0 Å². The van der Waals surface area contributed by atoms with Crippen LogP contribution in [0.1, 0.15) is 38.2 Å². The molecule has 13 N–H and O–H groups in total. The normalized spacial score (nSPS) is 14.5. The van der Waals surface area contributed by atoms with E-state index in [1.54, 1.807) is 30.3 Å². The van der Waals surface area contributed by atoms with Crippen molar-refractivity contribution in [3.8, 4) is 0 Å². The van der Waals surface area contributed by atoms with Crippen LogP contribution in [0.2, 0.25) is 0 Å². The summed E-state index contributed by atoms with van der Waals surface area (Å²) < 4.78 is 0.